The second kappa shape index (κ2) is 10.9. The summed E-state index contributed by atoms with van der Waals surface area (Å²) in [7, 11) is 1.57. The predicted octanol–water partition coefficient (Wildman–Crippen LogP) is 3.95. The van der Waals surface area contributed by atoms with E-state index in [-0.39, 0.29) is 23.8 Å². The summed E-state index contributed by atoms with van der Waals surface area (Å²) < 4.78 is 51.6. The Bertz CT molecular complexity index is 1500. The summed E-state index contributed by atoms with van der Waals surface area (Å²) in [5.41, 5.74) is 0.274. The molecule has 3 aromatic rings. The van der Waals surface area contributed by atoms with Gasteiger partial charge in [-0.2, -0.15) is 0 Å². The van der Waals surface area contributed by atoms with Crippen molar-refractivity contribution in [3.63, 3.8) is 0 Å². The summed E-state index contributed by atoms with van der Waals surface area (Å²) in [6.07, 6.45) is -0.312. The highest BCUT2D eigenvalue weighted by Crippen LogP contribution is 2.41. The molecule has 12 heteroatoms. The van der Waals surface area contributed by atoms with E-state index in [2.05, 4.69) is 0 Å². The number of halogens is 2. The van der Waals surface area contributed by atoms with Crippen LogP contribution in [-0.2, 0) is 9.47 Å². The maximum Gasteiger partial charge on any atom is 0.511 e. The van der Waals surface area contributed by atoms with E-state index in [1.165, 1.54) is 21.8 Å². The van der Waals surface area contributed by atoms with Crippen LogP contribution < -0.4 is 19.9 Å². The molecule has 2 atom stereocenters. The van der Waals surface area contributed by atoms with Crippen molar-refractivity contribution in [3.8, 4) is 11.5 Å². The standard InChI is InChI=1S/C28H27F2N3O7/c1-16(2)40-28(36)39-15-38-26-21(34)9-11-32-25(26)27(35)31(3)23-10-12-37-22-14-20(30)19(29)13-18(22)24(33(23)32)17-7-5-4-6-8-17/h4-9,11,13-14,16,23-24H,10,12,15H2,1-3H3. The van der Waals surface area contributed by atoms with Crippen LogP contribution in [0, 0.1) is 11.6 Å². The minimum atomic E-state index is -1.06. The first-order valence-electron chi connectivity index (χ1n) is 12.6. The molecule has 0 saturated carbocycles. The van der Waals surface area contributed by atoms with Gasteiger partial charge in [-0.1, -0.05) is 30.3 Å². The topological polar surface area (TPSA) is 99.5 Å². The van der Waals surface area contributed by atoms with E-state index >= 15 is 0 Å². The van der Waals surface area contributed by atoms with Gasteiger partial charge in [0.1, 0.15) is 18.0 Å². The van der Waals surface area contributed by atoms with E-state index in [1.807, 2.05) is 18.2 Å². The van der Waals surface area contributed by atoms with Crippen LogP contribution in [0.3, 0.4) is 0 Å². The lowest BCUT2D eigenvalue weighted by Crippen LogP contribution is -2.62. The van der Waals surface area contributed by atoms with Gasteiger partial charge < -0.3 is 23.8 Å². The minimum absolute atomic E-state index is 0.100. The molecule has 210 valence electrons. The number of rotatable bonds is 5. The molecule has 3 heterocycles. The lowest BCUT2D eigenvalue weighted by molar-refractivity contribution is -0.00926. The summed E-state index contributed by atoms with van der Waals surface area (Å²) in [6.45, 7) is 2.70. The van der Waals surface area contributed by atoms with Crippen LogP contribution in [0.15, 0.2) is 59.5 Å². The first kappa shape index (κ1) is 27.0. The Balaban J connectivity index is 1.66. The lowest BCUT2D eigenvalue weighted by Gasteiger charge is -2.50. The Labute approximate surface area is 228 Å². The highest BCUT2D eigenvalue weighted by atomic mass is 19.2. The predicted molar refractivity (Wildman–Crippen MR) is 138 cm³/mol. The zero-order valence-corrected chi connectivity index (χ0v) is 22.0. The van der Waals surface area contributed by atoms with Crippen LogP contribution >= 0.6 is 0 Å². The van der Waals surface area contributed by atoms with E-state index in [1.54, 1.807) is 38.0 Å². The van der Waals surface area contributed by atoms with Gasteiger partial charge in [0.2, 0.25) is 18.0 Å². The zero-order chi connectivity index (χ0) is 28.6. The fraction of sp³-hybridized carbons (Fsp3) is 0.321. The van der Waals surface area contributed by atoms with Crippen molar-refractivity contribution < 1.29 is 37.3 Å². The lowest BCUT2D eigenvalue weighted by atomic mass is 9.95. The molecule has 2 unspecified atom stereocenters. The van der Waals surface area contributed by atoms with Gasteiger partial charge >= 0.3 is 6.16 Å². The van der Waals surface area contributed by atoms with Crippen molar-refractivity contribution in [1.82, 2.24) is 9.58 Å². The molecule has 1 amide bonds. The molecule has 2 aromatic carbocycles. The van der Waals surface area contributed by atoms with Gasteiger partial charge in [-0.3, -0.25) is 19.3 Å². The fourth-order valence-corrected chi connectivity index (χ4v) is 4.91. The normalized spacial score (nSPS) is 18.1. The van der Waals surface area contributed by atoms with Gasteiger partial charge in [0, 0.05) is 37.4 Å². The van der Waals surface area contributed by atoms with Gasteiger partial charge in [0.25, 0.3) is 5.91 Å². The molecule has 2 aliphatic heterocycles. The van der Waals surface area contributed by atoms with E-state index in [4.69, 9.17) is 18.9 Å². The van der Waals surface area contributed by atoms with Crippen LogP contribution in [0.1, 0.15) is 47.9 Å². The van der Waals surface area contributed by atoms with Crippen LogP contribution in [0.4, 0.5) is 13.6 Å². The van der Waals surface area contributed by atoms with Gasteiger partial charge in [0.05, 0.1) is 12.7 Å². The van der Waals surface area contributed by atoms with Crippen molar-refractivity contribution in [2.75, 3.05) is 25.5 Å². The number of carbonyl (C=O) groups excluding carboxylic acids is 2. The van der Waals surface area contributed by atoms with Gasteiger partial charge in [-0.15, -0.1) is 0 Å². The van der Waals surface area contributed by atoms with Crippen molar-refractivity contribution in [2.45, 2.75) is 38.6 Å². The second-order valence-corrected chi connectivity index (χ2v) is 9.56. The number of benzene rings is 2. The molecule has 40 heavy (non-hydrogen) atoms. The van der Waals surface area contributed by atoms with E-state index in [0.717, 1.165) is 12.1 Å². The third-order valence-electron chi connectivity index (χ3n) is 6.63. The maximum atomic E-state index is 14.7. The Hall–Kier alpha value is -4.61. The average Bonchev–Trinajstić information content (AvgIpc) is 2.91. The summed E-state index contributed by atoms with van der Waals surface area (Å²) in [4.78, 5) is 39.8. The van der Waals surface area contributed by atoms with Crippen molar-refractivity contribution in [1.29, 1.82) is 0 Å². The van der Waals surface area contributed by atoms with Crippen molar-refractivity contribution in [2.24, 2.45) is 0 Å². The van der Waals surface area contributed by atoms with E-state index in [0.29, 0.717) is 17.5 Å². The summed E-state index contributed by atoms with van der Waals surface area (Å²) in [6, 6.07) is 11.6. The van der Waals surface area contributed by atoms with Crippen LogP contribution in [0.25, 0.3) is 0 Å². The molecule has 0 N–H and O–H groups in total. The quantitative estimate of drug-likeness (QED) is 0.345. The molecule has 1 aromatic heterocycles. The number of ether oxygens (including phenoxy) is 4. The monoisotopic (exact) mass is 555 g/mol. The second-order valence-electron chi connectivity index (χ2n) is 9.56. The summed E-state index contributed by atoms with van der Waals surface area (Å²) in [5.74, 6) is -2.83. The van der Waals surface area contributed by atoms with Gasteiger partial charge in [-0.25, -0.2) is 13.6 Å². The number of nitrogens with zero attached hydrogens (tertiary/aromatic N) is 3. The Kier molecular flexibility index (Phi) is 7.33. The summed E-state index contributed by atoms with van der Waals surface area (Å²) in [5, 5.41) is 1.80. The molecular formula is C28H27F2N3O7. The first-order valence-corrected chi connectivity index (χ1v) is 12.6. The Morgan fingerprint density at radius 2 is 1.82 bits per heavy atom. The Morgan fingerprint density at radius 3 is 2.55 bits per heavy atom. The molecule has 2 aliphatic rings. The highest BCUT2D eigenvalue weighted by Gasteiger charge is 2.43. The van der Waals surface area contributed by atoms with Gasteiger partial charge in [-0.05, 0) is 25.5 Å². The van der Waals surface area contributed by atoms with Crippen LogP contribution in [0.5, 0.6) is 11.5 Å². The minimum Gasteiger partial charge on any atom is -0.493 e. The SMILES string of the molecule is CC(C)OC(=O)OCOc1c2n(ccc1=O)N1C(c3ccccc3)c3cc(F)c(F)cc3OCCC1N(C)C2=O. The molecule has 0 radical (unpaired) electrons. The molecule has 5 rings (SSSR count). The number of carbonyl (C=O) groups is 2. The largest absolute Gasteiger partial charge is 0.511 e. The average molecular weight is 556 g/mol. The van der Waals surface area contributed by atoms with Crippen LogP contribution in [0.2, 0.25) is 0 Å². The molecular weight excluding hydrogens is 528 g/mol. The maximum absolute atomic E-state index is 14.7. The third kappa shape index (κ3) is 4.92. The number of aromatic nitrogens is 1. The number of amides is 1. The molecule has 0 aliphatic carbocycles. The molecule has 0 bridgehead atoms. The highest BCUT2D eigenvalue weighted by molar-refractivity contribution is 5.96. The number of fused-ring (bicyclic) bond motifs is 4. The number of hydrogen-bond donors (Lipinski definition) is 0. The molecule has 0 fully saturated rings. The number of pyridine rings is 1. The molecule has 10 nitrogen and oxygen atoms in total. The van der Waals surface area contributed by atoms with E-state index in [9.17, 15) is 23.2 Å². The first-order chi connectivity index (χ1) is 19.2. The molecule has 0 saturated heterocycles. The zero-order valence-electron chi connectivity index (χ0n) is 22.0. The Morgan fingerprint density at radius 1 is 1.10 bits per heavy atom. The van der Waals surface area contributed by atoms with E-state index < -0.39 is 54.2 Å². The van der Waals surface area contributed by atoms with Crippen molar-refractivity contribution >= 4 is 12.1 Å². The fourth-order valence-electron chi connectivity index (χ4n) is 4.91. The third-order valence-corrected chi connectivity index (χ3v) is 6.63. The summed E-state index contributed by atoms with van der Waals surface area (Å²) >= 11 is 0. The number of hydrogen-bond acceptors (Lipinski definition) is 8. The van der Waals surface area contributed by atoms with Gasteiger partial charge in [0.15, 0.2) is 17.3 Å². The van der Waals surface area contributed by atoms with Crippen LogP contribution in [-0.4, -0.2) is 54.4 Å². The smallest absolute Gasteiger partial charge is 0.493 e. The molecule has 0 spiro atoms. The van der Waals surface area contributed by atoms with Crippen molar-refractivity contribution in [3.05, 3.63) is 93.4 Å².